The third kappa shape index (κ3) is 8.98. The average Bonchev–Trinajstić information content (AvgIpc) is 2.89. The van der Waals surface area contributed by atoms with Crippen LogP contribution in [0.3, 0.4) is 0 Å². The number of carbonyl (C=O) groups is 1. The molecule has 0 radical (unpaired) electrons. The number of halogens is 4. The second-order valence-electron chi connectivity index (χ2n) is 8.15. The van der Waals surface area contributed by atoms with Gasteiger partial charge in [0.25, 0.3) is 0 Å². The summed E-state index contributed by atoms with van der Waals surface area (Å²) in [6.07, 6.45) is -5.36. The molecule has 3 rings (SSSR count). The number of pyridine rings is 1. The molecule has 0 bridgehead atoms. The quantitative estimate of drug-likeness (QED) is 0.282. The zero-order valence-corrected chi connectivity index (χ0v) is 22.8. The molecule has 0 aliphatic carbocycles. The lowest BCUT2D eigenvalue weighted by Crippen LogP contribution is -2.34. The fourth-order valence-electron chi connectivity index (χ4n) is 3.14. The molecule has 1 amide bonds. The van der Waals surface area contributed by atoms with Gasteiger partial charge in [-0.2, -0.15) is 25.9 Å². The van der Waals surface area contributed by atoms with Gasteiger partial charge in [0.15, 0.2) is 0 Å². The maximum Gasteiger partial charge on any atom is 0.423 e. The van der Waals surface area contributed by atoms with E-state index in [4.69, 9.17) is 25.8 Å². The van der Waals surface area contributed by atoms with Gasteiger partial charge in [0.2, 0.25) is 5.88 Å². The molecule has 0 unspecified atom stereocenters. The molecule has 10 nitrogen and oxygen atoms in total. The topological polar surface area (TPSA) is 116 Å². The first-order valence-electron chi connectivity index (χ1n) is 11.5. The highest BCUT2D eigenvalue weighted by Gasteiger charge is 2.32. The SMILES string of the molecule is COCCOc1ccc(CNC(=O)OS(=O)(=O)N(C)Cc2ccccc2)c(Oc2ncc(C(F)(F)F)cc2Cl)c1. The number of benzene rings is 2. The monoisotopic (exact) mass is 603 g/mol. The van der Waals surface area contributed by atoms with Crippen LogP contribution in [0.4, 0.5) is 18.0 Å². The molecular formula is C25H25ClF3N3O7S. The summed E-state index contributed by atoms with van der Waals surface area (Å²) < 4.78 is 85.5. The lowest BCUT2D eigenvalue weighted by molar-refractivity contribution is -0.137. The van der Waals surface area contributed by atoms with Gasteiger partial charge in [-0.3, -0.25) is 0 Å². The zero-order valence-electron chi connectivity index (χ0n) is 21.3. The highest BCUT2D eigenvalue weighted by atomic mass is 35.5. The summed E-state index contributed by atoms with van der Waals surface area (Å²) >= 11 is 5.97. The number of carbonyl (C=O) groups excluding carboxylic acids is 1. The number of rotatable bonds is 12. The van der Waals surface area contributed by atoms with Gasteiger partial charge in [0.1, 0.15) is 23.1 Å². The Kier molecular flexibility index (Phi) is 10.6. The number of hydrogen-bond acceptors (Lipinski definition) is 8. The second-order valence-corrected chi connectivity index (χ2v) is 10.2. The minimum absolute atomic E-state index is 0.0217. The molecule has 3 aromatic rings. The lowest BCUT2D eigenvalue weighted by Gasteiger charge is -2.17. The van der Waals surface area contributed by atoms with Crippen LogP contribution in [0.5, 0.6) is 17.4 Å². The van der Waals surface area contributed by atoms with Gasteiger partial charge in [0, 0.05) is 45.1 Å². The second kappa shape index (κ2) is 13.7. The van der Waals surface area contributed by atoms with E-state index >= 15 is 0 Å². The molecule has 0 saturated heterocycles. The normalized spacial score (nSPS) is 11.8. The van der Waals surface area contributed by atoms with Crippen molar-refractivity contribution in [3.05, 3.63) is 82.5 Å². The number of aromatic nitrogens is 1. The first kappa shape index (κ1) is 30.9. The van der Waals surface area contributed by atoms with Crippen LogP contribution in [0.1, 0.15) is 16.7 Å². The summed E-state index contributed by atoms with van der Waals surface area (Å²) in [5.74, 6) is -0.00222. The maximum atomic E-state index is 13.0. The van der Waals surface area contributed by atoms with Crippen molar-refractivity contribution < 1.29 is 44.8 Å². The van der Waals surface area contributed by atoms with E-state index in [1.807, 2.05) is 0 Å². The van der Waals surface area contributed by atoms with Crippen molar-refractivity contribution in [2.24, 2.45) is 0 Å². The van der Waals surface area contributed by atoms with Crippen LogP contribution >= 0.6 is 11.6 Å². The fourth-order valence-corrected chi connectivity index (χ4v) is 4.03. The van der Waals surface area contributed by atoms with Crippen LogP contribution in [-0.2, 0) is 38.5 Å². The maximum absolute atomic E-state index is 13.0. The van der Waals surface area contributed by atoms with Crippen LogP contribution in [0, 0.1) is 0 Å². The Hall–Kier alpha value is -3.59. The number of hydrogen-bond donors (Lipinski definition) is 1. The van der Waals surface area contributed by atoms with E-state index in [0.29, 0.717) is 23.6 Å². The van der Waals surface area contributed by atoms with Gasteiger partial charge in [-0.25, -0.2) is 9.78 Å². The third-order valence-electron chi connectivity index (χ3n) is 5.17. The molecule has 1 heterocycles. The standard InChI is InChI=1S/C25H25ClF3N3O7S/c1-32(16-17-6-4-3-5-7-17)40(34,35)39-24(33)31-14-18-8-9-20(37-11-10-36-2)13-22(18)38-23-21(26)12-19(15-30-23)25(27,28)29/h3-9,12-13,15H,10-11,14,16H2,1-2H3,(H,31,33). The predicted octanol–water partition coefficient (Wildman–Crippen LogP) is 5.17. The van der Waals surface area contributed by atoms with E-state index in [9.17, 15) is 26.4 Å². The number of nitrogens with zero attached hydrogens (tertiary/aromatic N) is 2. The van der Waals surface area contributed by atoms with Gasteiger partial charge in [-0.15, -0.1) is 0 Å². The minimum atomic E-state index is -4.66. The number of amides is 1. The van der Waals surface area contributed by atoms with Gasteiger partial charge in [-0.05, 0) is 23.8 Å². The van der Waals surface area contributed by atoms with Gasteiger partial charge >= 0.3 is 22.6 Å². The van der Waals surface area contributed by atoms with Crippen molar-refractivity contribution in [1.82, 2.24) is 14.6 Å². The van der Waals surface area contributed by atoms with Crippen molar-refractivity contribution in [3.8, 4) is 17.4 Å². The first-order valence-corrected chi connectivity index (χ1v) is 13.3. The molecule has 216 valence electrons. The molecule has 40 heavy (non-hydrogen) atoms. The van der Waals surface area contributed by atoms with Crippen LogP contribution in [-0.4, -0.2) is 51.2 Å². The van der Waals surface area contributed by atoms with E-state index in [0.717, 1.165) is 4.31 Å². The van der Waals surface area contributed by atoms with Crippen molar-refractivity contribution in [3.63, 3.8) is 0 Å². The smallest absolute Gasteiger partial charge is 0.423 e. The molecule has 1 N–H and O–H groups in total. The molecule has 0 fully saturated rings. The van der Waals surface area contributed by atoms with Crippen LogP contribution in [0.15, 0.2) is 60.8 Å². The summed E-state index contributed by atoms with van der Waals surface area (Å²) in [7, 11) is -1.68. The Bertz CT molecular complexity index is 1410. The van der Waals surface area contributed by atoms with Crippen molar-refractivity contribution in [2.75, 3.05) is 27.4 Å². The number of nitrogens with one attached hydrogen (secondary N) is 1. The Morgan fingerprint density at radius 2 is 1.82 bits per heavy atom. The van der Waals surface area contributed by atoms with E-state index < -0.39 is 33.2 Å². The highest BCUT2D eigenvalue weighted by Crippen LogP contribution is 2.36. The van der Waals surface area contributed by atoms with E-state index in [1.165, 1.54) is 32.4 Å². The summed E-state index contributed by atoms with van der Waals surface area (Å²) in [5.41, 5.74) is -0.101. The lowest BCUT2D eigenvalue weighted by atomic mass is 10.2. The van der Waals surface area contributed by atoms with Crippen molar-refractivity contribution in [1.29, 1.82) is 0 Å². The van der Waals surface area contributed by atoms with Crippen LogP contribution in [0.2, 0.25) is 5.02 Å². The third-order valence-corrected chi connectivity index (χ3v) is 6.70. The first-order chi connectivity index (χ1) is 18.9. The zero-order chi connectivity index (χ0) is 29.3. The molecule has 0 spiro atoms. The van der Waals surface area contributed by atoms with Gasteiger partial charge in [0.05, 0.1) is 12.2 Å². The highest BCUT2D eigenvalue weighted by molar-refractivity contribution is 7.84. The van der Waals surface area contributed by atoms with Crippen molar-refractivity contribution >= 4 is 28.0 Å². The summed E-state index contributed by atoms with van der Waals surface area (Å²) in [4.78, 5) is 16.0. The molecule has 0 atom stereocenters. The van der Waals surface area contributed by atoms with Crippen LogP contribution in [0.25, 0.3) is 0 Å². The molecular weight excluding hydrogens is 579 g/mol. The average molecular weight is 604 g/mol. The summed E-state index contributed by atoms with van der Waals surface area (Å²) in [6, 6.07) is 13.8. The number of ether oxygens (including phenoxy) is 3. The van der Waals surface area contributed by atoms with E-state index in [2.05, 4.69) is 14.5 Å². The Labute approximate surface area is 233 Å². The largest absolute Gasteiger partial charge is 0.491 e. The number of alkyl halides is 3. The number of methoxy groups -OCH3 is 1. The van der Waals surface area contributed by atoms with Gasteiger partial charge in [-0.1, -0.05) is 41.9 Å². The molecule has 0 aliphatic rings. The fraction of sp³-hybridized carbons (Fsp3) is 0.280. The predicted molar refractivity (Wildman–Crippen MR) is 138 cm³/mol. The molecule has 2 aromatic carbocycles. The minimum Gasteiger partial charge on any atom is -0.491 e. The Morgan fingerprint density at radius 1 is 1.10 bits per heavy atom. The summed E-state index contributed by atoms with van der Waals surface area (Å²) in [5, 5.41) is 1.89. The Morgan fingerprint density at radius 3 is 2.48 bits per heavy atom. The molecule has 0 saturated carbocycles. The van der Waals surface area contributed by atoms with Crippen LogP contribution < -0.4 is 14.8 Å². The summed E-state index contributed by atoms with van der Waals surface area (Å²) in [6.45, 7) is 0.154. The van der Waals surface area contributed by atoms with E-state index in [-0.39, 0.29) is 43.5 Å². The van der Waals surface area contributed by atoms with Gasteiger partial charge < -0.3 is 23.7 Å². The molecule has 0 aliphatic heterocycles. The Balaban J connectivity index is 1.74. The van der Waals surface area contributed by atoms with E-state index in [1.54, 1.807) is 30.3 Å². The van der Waals surface area contributed by atoms with Crippen molar-refractivity contribution in [2.45, 2.75) is 19.3 Å². The molecule has 1 aromatic heterocycles. The molecule has 15 heteroatoms.